The summed E-state index contributed by atoms with van der Waals surface area (Å²) >= 11 is 0. The van der Waals surface area contributed by atoms with E-state index in [1.807, 2.05) is 6.07 Å². The van der Waals surface area contributed by atoms with Crippen LogP contribution in [0.4, 0.5) is 5.69 Å². The number of amides is 1. The summed E-state index contributed by atoms with van der Waals surface area (Å²) < 4.78 is 10.1. The second-order valence-electron chi connectivity index (χ2n) is 4.87. The van der Waals surface area contributed by atoms with Crippen LogP contribution in [-0.4, -0.2) is 33.7 Å². The molecule has 1 amide bonds. The summed E-state index contributed by atoms with van der Waals surface area (Å²) in [7, 11) is 0. The summed E-state index contributed by atoms with van der Waals surface area (Å²) in [6, 6.07) is 7.04. The van der Waals surface area contributed by atoms with Crippen molar-refractivity contribution >= 4 is 17.6 Å². The number of hydrogen-bond acceptors (Lipinski definition) is 6. The van der Waals surface area contributed by atoms with Crippen molar-refractivity contribution in [2.24, 2.45) is 0 Å². The number of aliphatic carboxylic acids is 1. The lowest BCUT2D eigenvalue weighted by molar-refractivity contribution is -0.137. The summed E-state index contributed by atoms with van der Waals surface area (Å²) in [6.45, 7) is 1.60. The minimum Gasteiger partial charge on any atom is -0.481 e. The normalized spacial score (nSPS) is 10.5. The number of hydrogen-bond donors (Lipinski definition) is 2. The number of nitrogens with one attached hydrogen (secondary N) is 1. The zero-order valence-corrected chi connectivity index (χ0v) is 12.6. The fraction of sp³-hybridized carbons (Fsp3) is 0.333. The topological polar surface area (TPSA) is 115 Å². The Labute approximate surface area is 132 Å². The summed E-state index contributed by atoms with van der Waals surface area (Å²) in [5.41, 5.74) is 1.43. The van der Waals surface area contributed by atoms with Crippen LogP contribution in [0.2, 0.25) is 0 Å². The molecule has 8 nitrogen and oxygen atoms in total. The maximum absolute atomic E-state index is 11.8. The second-order valence-corrected chi connectivity index (χ2v) is 4.87. The highest BCUT2D eigenvalue weighted by molar-refractivity contribution is 5.91. The molecule has 23 heavy (non-hydrogen) atoms. The highest BCUT2D eigenvalue weighted by atomic mass is 16.5. The number of carboxylic acids is 1. The van der Waals surface area contributed by atoms with Gasteiger partial charge in [0.2, 0.25) is 5.91 Å². The molecule has 0 radical (unpaired) electrons. The molecular formula is C15H17N3O5. The summed E-state index contributed by atoms with van der Waals surface area (Å²) in [6.07, 6.45) is 0.455. The zero-order chi connectivity index (χ0) is 16.7. The number of anilines is 1. The average Bonchev–Trinajstić information content (AvgIpc) is 2.91. The Balaban J connectivity index is 1.78. The lowest BCUT2D eigenvalue weighted by atomic mass is 10.1. The molecule has 122 valence electrons. The number of nitrogens with zero attached hydrogens (tertiary/aromatic N) is 2. The van der Waals surface area contributed by atoms with Crippen LogP contribution in [0.3, 0.4) is 0 Å². The standard InChI is InChI=1S/C15H17N3O5/c1-10-16-14(23-18-10)9-22-8-13(19)17-12-4-2-3-11(7-12)5-6-15(20)21/h2-4,7H,5-6,8-9H2,1H3,(H,17,19)(H,20,21). The van der Waals surface area contributed by atoms with Crippen LogP contribution in [0.5, 0.6) is 0 Å². The van der Waals surface area contributed by atoms with Gasteiger partial charge in [-0.15, -0.1) is 0 Å². The van der Waals surface area contributed by atoms with Gasteiger partial charge >= 0.3 is 5.97 Å². The van der Waals surface area contributed by atoms with E-state index in [1.165, 1.54) is 0 Å². The number of benzene rings is 1. The van der Waals surface area contributed by atoms with Crippen LogP contribution in [0.1, 0.15) is 23.7 Å². The molecule has 0 saturated carbocycles. The van der Waals surface area contributed by atoms with E-state index in [2.05, 4.69) is 15.5 Å². The number of aromatic nitrogens is 2. The molecule has 0 aliphatic carbocycles. The number of carboxylic acid groups (broad SMARTS) is 1. The van der Waals surface area contributed by atoms with Gasteiger partial charge in [0.1, 0.15) is 13.2 Å². The van der Waals surface area contributed by atoms with Crippen molar-refractivity contribution in [2.45, 2.75) is 26.4 Å². The zero-order valence-electron chi connectivity index (χ0n) is 12.6. The van der Waals surface area contributed by atoms with Crippen molar-refractivity contribution in [3.8, 4) is 0 Å². The predicted molar refractivity (Wildman–Crippen MR) is 79.7 cm³/mol. The van der Waals surface area contributed by atoms with Gasteiger partial charge < -0.3 is 19.7 Å². The fourth-order valence-corrected chi connectivity index (χ4v) is 1.88. The largest absolute Gasteiger partial charge is 0.481 e. The highest BCUT2D eigenvalue weighted by Gasteiger charge is 2.07. The lowest BCUT2D eigenvalue weighted by Gasteiger charge is -2.07. The molecule has 2 aromatic rings. The van der Waals surface area contributed by atoms with Crippen molar-refractivity contribution in [1.29, 1.82) is 0 Å². The third kappa shape index (κ3) is 5.87. The van der Waals surface area contributed by atoms with Gasteiger partial charge in [-0.1, -0.05) is 17.3 Å². The number of rotatable bonds is 8. The van der Waals surface area contributed by atoms with Gasteiger partial charge in [0.25, 0.3) is 5.89 Å². The lowest BCUT2D eigenvalue weighted by Crippen LogP contribution is -2.18. The van der Waals surface area contributed by atoms with Crippen LogP contribution >= 0.6 is 0 Å². The molecule has 8 heteroatoms. The van der Waals surface area contributed by atoms with Crippen LogP contribution < -0.4 is 5.32 Å². The number of ether oxygens (including phenoxy) is 1. The maximum Gasteiger partial charge on any atom is 0.303 e. The third-order valence-corrected chi connectivity index (χ3v) is 2.87. The van der Waals surface area contributed by atoms with Crippen LogP contribution in [0.25, 0.3) is 0 Å². The first-order valence-electron chi connectivity index (χ1n) is 7.00. The van der Waals surface area contributed by atoms with Crippen LogP contribution in [0.15, 0.2) is 28.8 Å². The van der Waals surface area contributed by atoms with Crippen molar-refractivity contribution in [3.63, 3.8) is 0 Å². The average molecular weight is 319 g/mol. The first-order chi connectivity index (χ1) is 11.0. The van der Waals surface area contributed by atoms with E-state index in [4.69, 9.17) is 14.4 Å². The van der Waals surface area contributed by atoms with Crippen LogP contribution in [-0.2, 0) is 27.4 Å². The smallest absolute Gasteiger partial charge is 0.303 e. The minimum absolute atomic E-state index is 0.0457. The molecule has 0 fully saturated rings. The van der Waals surface area contributed by atoms with E-state index in [9.17, 15) is 9.59 Å². The Morgan fingerprint density at radius 2 is 2.22 bits per heavy atom. The Bertz CT molecular complexity index is 683. The van der Waals surface area contributed by atoms with E-state index in [1.54, 1.807) is 25.1 Å². The van der Waals surface area contributed by atoms with Crippen molar-refractivity contribution in [3.05, 3.63) is 41.5 Å². The molecular weight excluding hydrogens is 302 g/mol. The Hall–Kier alpha value is -2.74. The molecule has 2 rings (SSSR count). The van der Waals surface area contributed by atoms with Crippen molar-refractivity contribution in [1.82, 2.24) is 10.1 Å². The van der Waals surface area contributed by atoms with E-state index >= 15 is 0 Å². The molecule has 1 aromatic heterocycles. The molecule has 2 N–H and O–H groups in total. The molecule has 0 bridgehead atoms. The summed E-state index contributed by atoms with van der Waals surface area (Å²) in [5.74, 6) is -0.363. The SMILES string of the molecule is Cc1noc(COCC(=O)Nc2cccc(CCC(=O)O)c2)n1. The fourth-order valence-electron chi connectivity index (χ4n) is 1.88. The van der Waals surface area contributed by atoms with Gasteiger partial charge in [-0.3, -0.25) is 9.59 Å². The molecule has 0 atom stereocenters. The molecule has 1 heterocycles. The van der Waals surface area contributed by atoms with Crippen molar-refractivity contribution in [2.75, 3.05) is 11.9 Å². The van der Waals surface area contributed by atoms with E-state index in [-0.39, 0.29) is 25.5 Å². The summed E-state index contributed by atoms with van der Waals surface area (Å²) in [5, 5.41) is 15.0. The first-order valence-corrected chi connectivity index (χ1v) is 7.00. The van der Waals surface area contributed by atoms with Gasteiger partial charge in [0.15, 0.2) is 5.82 Å². The predicted octanol–water partition coefficient (Wildman–Crippen LogP) is 1.55. The van der Waals surface area contributed by atoms with Gasteiger partial charge in [-0.2, -0.15) is 4.98 Å². The number of carbonyl (C=O) groups is 2. The van der Waals surface area contributed by atoms with E-state index in [0.29, 0.717) is 23.8 Å². The first kappa shape index (κ1) is 16.6. The van der Waals surface area contributed by atoms with E-state index < -0.39 is 5.97 Å². The van der Waals surface area contributed by atoms with Gasteiger partial charge in [0.05, 0.1) is 0 Å². The van der Waals surface area contributed by atoms with Crippen LogP contribution in [0, 0.1) is 6.92 Å². The minimum atomic E-state index is -0.857. The molecule has 0 saturated heterocycles. The highest BCUT2D eigenvalue weighted by Crippen LogP contribution is 2.12. The van der Waals surface area contributed by atoms with Gasteiger partial charge in [-0.25, -0.2) is 0 Å². The van der Waals surface area contributed by atoms with Gasteiger partial charge in [0, 0.05) is 12.1 Å². The number of carbonyl (C=O) groups excluding carboxylic acids is 1. The Morgan fingerprint density at radius 1 is 1.39 bits per heavy atom. The summed E-state index contributed by atoms with van der Waals surface area (Å²) in [4.78, 5) is 26.3. The van der Waals surface area contributed by atoms with E-state index in [0.717, 1.165) is 5.56 Å². The quantitative estimate of drug-likeness (QED) is 0.758. The third-order valence-electron chi connectivity index (χ3n) is 2.87. The number of aryl methyl sites for hydroxylation is 2. The second kappa shape index (κ2) is 8.04. The Kier molecular flexibility index (Phi) is 5.81. The Morgan fingerprint density at radius 3 is 2.91 bits per heavy atom. The molecule has 0 aliphatic heterocycles. The van der Waals surface area contributed by atoms with Crippen molar-refractivity contribution < 1.29 is 24.0 Å². The molecule has 0 unspecified atom stereocenters. The molecule has 1 aromatic carbocycles. The van der Waals surface area contributed by atoms with Gasteiger partial charge in [-0.05, 0) is 31.0 Å². The molecule has 0 aliphatic rings. The monoisotopic (exact) mass is 319 g/mol. The maximum atomic E-state index is 11.8. The molecule has 0 spiro atoms.